The Hall–Kier alpha value is -2.95. The van der Waals surface area contributed by atoms with Gasteiger partial charge in [0.15, 0.2) is 0 Å². The molecule has 1 aromatic carbocycles. The molecule has 0 aliphatic heterocycles. The number of nitrogens with one attached hydrogen (secondary N) is 1. The fourth-order valence-electron chi connectivity index (χ4n) is 2.02. The van der Waals surface area contributed by atoms with E-state index in [1.807, 2.05) is 30.3 Å². The number of amides is 1. The van der Waals surface area contributed by atoms with Gasteiger partial charge in [0.1, 0.15) is 11.6 Å². The molecule has 0 saturated heterocycles. The molecule has 2 heterocycles. The smallest absolute Gasteiger partial charge is 0.259 e. The van der Waals surface area contributed by atoms with E-state index in [9.17, 15) is 4.79 Å². The maximum atomic E-state index is 12.3. The van der Waals surface area contributed by atoms with E-state index in [0.29, 0.717) is 17.2 Å². The lowest BCUT2D eigenvalue weighted by atomic mass is 10.1. The van der Waals surface area contributed by atoms with E-state index in [1.165, 1.54) is 6.20 Å². The first-order valence-corrected chi connectivity index (χ1v) is 6.11. The first-order chi connectivity index (χ1) is 9.75. The van der Waals surface area contributed by atoms with Gasteiger partial charge in [-0.2, -0.15) is 0 Å². The average molecular weight is 264 g/mol. The largest absolute Gasteiger partial charge is 0.383 e. The van der Waals surface area contributed by atoms with Crippen molar-refractivity contribution in [3.05, 3.63) is 60.4 Å². The number of benzene rings is 1. The molecule has 0 spiro atoms. The summed E-state index contributed by atoms with van der Waals surface area (Å²) >= 11 is 0. The van der Waals surface area contributed by atoms with E-state index < -0.39 is 0 Å². The second kappa shape index (κ2) is 4.97. The maximum Gasteiger partial charge on any atom is 0.259 e. The highest BCUT2D eigenvalue weighted by atomic mass is 16.1. The highest BCUT2D eigenvalue weighted by Gasteiger charge is 2.12. The molecule has 0 radical (unpaired) electrons. The van der Waals surface area contributed by atoms with E-state index >= 15 is 0 Å². The number of hydrogen-bond donors (Lipinski definition) is 2. The summed E-state index contributed by atoms with van der Waals surface area (Å²) in [5.41, 5.74) is 6.30. The number of hydrogen-bond acceptors (Lipinski definition) is 4. The minimum absolute atomic E-state index is 0.257. The monoisotopic (exact) mass is 264 g/mol. The molecule has 3 aromatic rings. The van der Waals surface area contributed by atoms with Gasteiger partial charge < -0.3 is 11.1 Å². The molecular weight excluding hydrogens is 252 g/mol. The van der Waals surface area contributed by atoms with Crippen LogP contribution in [0.1, 0.15) is 10.4 Å². The van der Waals surface area contributed by atoms with Crippen molar-refractivity contribution >= 4 is 28.3 Å². The number of rotatable bonds is 2. The Morgan fingerprint density at radius 3 is 2.50 bits per heavy atom. The van der Waals surface area contributed by atoms with Crippen LogP contribution < -0.4 is 11.1 Å². The standard InChI is InChI=1S/C15H12N4O/c16-14-11-6-2-1-5-10(11)12(9-18-14)15(20)19-13-7-3-4-8-17-13/h1-9H,(H2,16,18)(H,17,19,20). The van der Waals surface area contributed by atoms with Gasteiger partial charge in [-0.15, -0.1) is 0 Å². The summed E-state index contributed by atoms with van der Waals surface area (Å²) in [5, 5.41) is 4.28. The topological polar surface area (TPSA) is 80.9 Å². The normalized spacial score (nSPS) is 10.4. The molecule has 3 rings (SSSR count). The number of nitrogen functional groups attached to an aromatic ring is 1. The number of pyridine rings is 2. The number of aromatic nitrogens is 2. The predicted octanol–water partition coefficient (Wildman–Crippen LogP) is 2.46. The molecule has 1 amide bonds. The summed E-state index contributed by atoms with van der Waals surface area (Å²) in [6, 6.07) is 12.7. The third-order valence-electron chi connectivity index (χ3n) is 2.98. The van der Waals surface area contributed by atoms with Gasteiger partial charge in [0.05, 0.1) is 5.56 Å². The minimum Gasteiger partial charge on any atom is -0.383 e. The second-order valence-electron chi connectivity index (χ2n) is 4.27. The molecule has 0 saturated carbocycles. The molecule has 2 aromatic heterocycles. The summed E-state index contributed by atoms with van der Waals surface area (Å²) in [5.74, 6) is 0.654. The highest BCUT2D eigenvalue weighted by Crippen LogP contribution is 2.22. The molecule has 0 bridgehead atoms. The van der Waals surface area contributed by atoms with Gasteiger partial charge in [-0.1, -0.05) is 30.3 Å². The molecule has 3 N–H and O–H groups in total. The lowest BCUT2D eigenvalue weighted by molar-refractivity contribution is 0.102. The maximum absolute atomic E-state index is 12.3. The van der Waals surface area contributed by atoms with E-state index in [1.54, 1.807) is 18.3 Å². The van der Waals surface area contributed by atoms with Crippen LogP contribution in [-0.4, -0.2) is 15.9 Å². The molecule has 5 nitrogen and oxygen atoms in total. The lowest BCUT2D eigenvalue weighted by Gasteiger charge is -2.08. The molecular formula is C15H12N4O. The number of carbonyl (C=O) groups is 1. The van der Waals surface area contributed by atoms with Crippen molar-refractivity contribution in [2.24, 2.45) is 0 Å². The Balaban J connectivity index is 2.02. The Kier molecular flexibility index (Phi) is 3.01. The van der Waals surface area contributed by atoms with E-state index in [-0.39, 0.29) is 5.91 Å². The molecule has 0 aliphatic rings. The van der Waals surface area contributed by atoms with Crippen molar-refractivity contribution in [2.45, 2.75) is 0 Å². The van der Waals surface area contributed by atoms with Gasteiger partial charge in [-0.05, 0) is 17.5 Å². The van der Waals surface area contributed by atoms with E-state index in [0.717, 1.165) is 10.8 Å². The number of nitrogens with two attached hydrogens (primary N) is 1. The molecule has 0 aliphatic carbocycles. The van der Waals surface area contributed by atoms with Gasteiger partial charge >= 0.3 is 0 Å². The zero-order valence-electron chi connectivity index (χ0n) is 10.6. The Labute approximate surface area is 115 Å². The Morgan fingerprint density at radius 1 is 1.00 bits per heavy atom. The second-order valence-corrected chi connectivity index (χ2v) is 4.27. The van der Waals surface area contributed by atoms with Crippen LogP contribution in [0.2, 0.25) is 0 Å². The molecule has 20 heavy (non-hydrogen) atoms. The minimum atomic E-state index is -0.257. The van der Waals surface area contributed by atoms with Crippen molar-refractivity contribution in [1.82, 2.24) is 9.97 Å². The molecule has 0 fully saturated rings. The number of anilines is 2. The summed E-state index contributed by atoms with van der Waals surface area (Å²) in [6.07, 6.45) is 3.10. The summed E-state index contributed by atoms with van der Waals surface area (Å²) in [6.45, 7) is 0. The average Bonchev–Trinajstić information content (AvgIpc) is 2.49. The SMILES string of the molecule is Nc1ncc(C(=O)Nc2ccccn2)c2ccccc12. The van der Waals surface area contributed by atoms with Crippen molar-refractivity contribution in [3.63, 3.8) is 0 Å². The zero-order chi connectivity index (χ0) is 13.9. The molecule has 0 unspecified atom stereocenters. The number of carbonyl (C=O) groups excluding carboxylic acids is 1. The van der Waals surface area contributed by atoms with Crippen LogP contribution in [0.4, 0.5) is 11.6 Å². The molecule has 0 atom stereocenters. The van der Waals surface area contributed by atoms with Crippen molar-refractivity contribution in [2.75, 3.05) is 11.1 Å². The zero-order valence-corrected chi connectivity index (χ0v) is 10.6. The third-order valence-corrected chi connectivity index (χ3v) is 2.98. The van der Waals surface area contributed by atoms with Crippen LogP contribution in [0.15, 0.2) is 54.9 Å². The van der Waals surface area contributed by atoms with Crippen LogP contribution in [0.5, 0.6) is 0 Å². The van der Waals surface area contributed by atoms with Crippen LogP contribution >= 0.6 is 0 Å². The summed E-state index contributed by atoms with van der Waals surface area (Å²) in [7, 11) is 0. The predicted molar refractivity (Wildman–Crippen MR) is 78.3 cm³/mol. The van der Waals surface area contributed by atoms with Gasteiger partial charge in [-0.25, -0.2) is 9.97 Å². The van der Waals surface area contributed by atoms with Gasteiger partial charge in [0.25, 0.3) is 5.91 Å². The van der Waals surface area contributed by atoms with Crippen molar-refractivity contribution in [1.29, 1.82) is 0 Å². The fraction of sp³-hybridized carbons (Fsp3) is 0. The van der Waals surface area contributed by atoms with Gasteiger partial charge in [-0.3, -0.25) is 4.79 Å². The van der Waals surface area contributed by atoms with Gasteiger partial charge in [0.2, 0.25) is 0 Å². The van der Waals surface area contributed by atoms with Crippen LogP contribution in [0.3, 0.4) is 0 Å². The highest BCUT2D eigenvalue weighted by molar-refractivity contribution is 6.13. The third kappa shape index (κ3) is 2.16. The summed E-state index contributed by atoms with van der Waals surface area (Å²) < 4.78 is 0. The summed E-state index contributed by atoms with van der Waals surface area (Å²) in [4.78, 5) is 20.4. The van der Waals surface area contributed by atoms with Crippen molar-refractivity contribution < 1.29 is 4.79 Å². The fourth-order valence-corrected chi connectivity index (χ4v) is 2.02. The first kappa shape index (κ1) is 12.1. The van der Waals surface area contributed by atoms with Crippen LogP contribution in [-0.2, 0) is 0 Å². The Bertz CT molecular complexity index is 771. The van der Waals surface area contributed by atoms with E-state index in [2.05, 4.69) is 15.3 Å². The van der Waals surface area contributed by atoms with Gasteiger partial charge in [0, 0.05) is 17.8 Å². The number of nitrogens with zero attached hydrogens (tertiary/aromatic N) is 2. The Morgan fingerprint density at radius 2 is 1.75 bits per heavy atom. The van der Waals surface area contributed by atoms with Crippen LogP contribution in [0.25, 0.3) is 10.8 Å². The quantitative estimate of drug-likeness (QED) is 0.745. The van der Waals surface area contributed by atoms with Crippen molar-refractivity contribution in [3.8, 4) is 0 Å². The lowest BCUT2D eigenvalue weighted by Crippen LogP contribution is -2.14. The first-order valence-electron chi connectivity index (χ1n) is 6.11. The molecule has 5 heteroatoms. The number of fused-ring (bicyclic) bond motifs is 1. The van der Waals surface area contributed by atoms with E-state index in [4.69, 9.17) is 5.73 Å². The van der Waals surface area contributed by atoms with Crippen LogP contribution in [0, 0.1) is 0 Å². The molecule has 98 valence electrons.